The molecule has 0 unspecified atom stereocenters. The number of fused-ring (bicyclic) bond motifs is 12. The number of rotatable bonds is 3. The number of benzene rings is 7. The second kappa shape index (κ2) is 10.8. The van der Waals surface area contributed by atoms with Gasteiger partial charge in [-0.3, -0.25) is 4.98 Å². The molecule has 254 valence electrons. The third kappa shape index (κ3) is 3.98. The van der Waals surface area contributed by atoms with Crippen LogP contribution in [0.2, 0.25) is 0 Å². The first kappa shape index (κ1) is 30.0. The van der Waals surface area contributed by atoms with Crippen molar-refractivity contribution in [3.63, 3.8) is 0 Å². The molecule has 7 aromatic carbocycles. The second-order valence-electron chi connectivity index (χ2n) is 15.2. The highest BCUT2D eigenvalue weighted by atomic mass is 32.1. The molecule has 4 heterocycles. The molecule has 0 saturated heterocycles. The number of hydrogen-bond donors (Lipinski definition) is 0. The highest BCUT2D eigenvalue weighted by molar-refractivity contribution is 7.26. The van der Waals surface area contributed by atoms with Crippen LogP contribution < -0.4 is 0 Å². The summed E-state index contributed by atoms with van der Waals surface area (Å²) in [6.45, 7) is 4.71. The third-order valence-electron chi connectivity index (χ3n) is 12.0. The molecule has 3 nitrogen and oxygen atoms in total. The minimum atomic E-state index is -0.0594. The van der Waals surface area contributed by atoms with E-state index in [0.717, 1.165) is 5.52 Å². The lowest BCUT2D eigenvalue weighted by Crippen LogP contribution is -2.15. The SMILES string of the molecule is CC1(C)c2ccccc2-c2ccc(-n3c4ccccc4c4cc(-c5ccc6c(c5)c5ccncc5n6-c5cccc6c5sc5ccccc56)ccc43)cc21. The van der Waals surface area contributed by atoms with E-state index >= 15 is 0 Å². The van der Waals surface area contributed by atoms with Crippen LogP contribution >= 0.6 is 11.3 Å². The van der Waals surface area contributed by atoms with Crippen LogP contribution in [0.4, 0.5) is 0 Å². The number of pyridine rings is 1. The summed E-state index contributed by atoms with van der Waals surface area (Å²) < 4.78 is 7.46. The van der Waals surface area contributed by atoms with Crippen molar-refractivity contribution >= 4 is 75.1 Å². The van der Waals surface area contributed by atoms with Gasteiger partial charge in [0.1, 0.15) is 0 Å². The minimum Gasteiger partial charge on any atom is -0.309 e. The van der Waals surface area contributed by atoms with Gasteiger partial charge in [0.2, 0.25) is 0 Å². The maximum atomic E-state index is 4.61. The predicted octanol–water partition coefficient (Wildman–Crippen LogP) is 13.6. The van der Waals surface area contributed by atoms with Crippen molar-refractivity contribution in [1.29, 1.82) is 0 Å². The zero-order valence-electron chi connectivity index (χ0n) is 29.8. The van der Waals surface area contributed by atoms with Crippen LogP contribution in [-0.2, 0) is 5.41 Å². The summed E-state index contributed by atoms with van der Waals surface area (Å²) in [5.74, 6) is 0. The van der Waals surface area contributed by atoms with Crippen LogP contribution in [0.25, 0.3) is 97.4 Å². The van der Waals surface area contributed by atoms with E-state index in [9.17, 15) is 0 Å². The molecule has 11 aromatic rings. The van der Waals surface area contributed by atoms with E-state index in [1.165, 1.54) is 103 Å². The molecule has 54 heavy (non-hydrogen) atoms. The van der Waals surface area contributed by atoms with Crippen molar-refractivity contribution in [1.82, 2.24) is 14.1 Å². The lowest BCUT2D eigenvalue weighted by Gasteiger charge is -2.22. The van der Waals surface area contributed by atoms with Crippen molar-refractivity contribution in [2.45, 2.75) is 19.3 Å². The number of para-hydroxylation sites is 1. The van der Waals surface area contributed by atoms with Crippen molar-refractivity contribution in [3.05, 3.63) is 175 Å². The Morgan fingerprint density at radius 1 is 0.481 bits per heavy atom. The van der Waals surface area contributed by atoms with E-state index in [1.807, 2.05) is 23.7 Å². The van der Waals surface area contributed by atoms with Gasteiger partial charge in [0, 0.05) is 54.3 Å². The first-order valence-corrected chi connectivity index (χ1v) is 19.4. The Morgan fingerprint density at radius 3 is 2.00 bits per heavy atom. The fraction of sp³-hybridized carbons (Fsp3) is 0.0600. The molecular weight excluding hydrogens is 675 g/mol. The molecule has 0 atom stereocenters. The van der Waals surface area contributed by atoms with Crippen LogP contribution in [0.3, 0.4) is 0 Å². The van der Waals surface area contributed by atoms with Crippen molar-refractivity contribution in [3.8, 4) is 33.6 Å². The van der Waals surface area contributed by atoms with E-state index in [0.29, 0.717) is 0 Å². The van der Waals surface area contributed by atoms with Gasteiger partial charge in [0.25, 0.3) is 0 Å². The normalized spacial score (nSPS) is 13.5. The summed E-state index contributed by atoms with van der Waals surface area (Å²) in [6, 6.07) is 56.3. The number of aromatic nitrogens is 3. The number of hydrogen-bond acceptors (Lipinski definition) is 2. The highest BCUT2D eigenvalue weighted by Crippen LogP contribution is 2.50. The molecule has 0 saturated carbocycles. The van der Waals surface area contributed by atoms with E-state index in [-0.39, 0.29) is 5.41 Å². The molecule has 12 rings (SSSR count). The molecule has 0 spiro atoms. The Bertz CT molecular complexity index is 3370. The lowest BCUT2D eigenvalue weighted by atomic mass is 9.82. The molecule has 0 aliphatic heterocycles. The lowest BCUT2D eigenvalue weighted by molar-refractivity contribution is 0.660. The summed E-state index contributed by atoms with van der Waals surface area (Å²) >= 11 is 1.87. The van der Waals surface area contributed by atoms with Gasteiger partial charge >= 0.3 is 0 Å². The Hall–Kier alpha value is -6.49. The molecular formula is C50H33N3S. The Balaban J connectivity index is 1.03. The molecule has 4 heteroatoms. The van der Waals surface area contributed by atoms with Gasteiger partial charge in [0.15, 0.2) is 0 Å². The van der Waals surface area contributed by atoms with Gasteiger partial charge in [0.05, 0.1) is 38.7 Å². The summed E-state index contributed by atoms with van der Waals surface area (Å²) in [4.78, 5) is 4.61. The molecule has 0 bridgehead atoms. The van der Waals surface area contributed by atoms with Gasteiger partial charge in [-0.1, -0.05) is 105 Å². The monoisotopic (exact) mass is 707 g/mol. The third-order valence-corrected chi connectivity index (χ3v) is 13.2. The van der Waals surface area contributed by atoms with Gasteiger partial charge in [-0.05, 0) is 94.0 Å². The van der Waals surface area contributed by atoms with E-state index in [2.05, 4.69) is 180 Å². The summed E-state index contributed by atoms with van der Waals surface area (Å²) in [5.41, 5.74) is 15.0. The molecule has 0 amide bonds. The molecule has 0 radical (unpaired) electrons. The molecule has 4 aromatic heterocycles. The van der Waals surface area contributed by atoms with Gasteiger partial charge < -0.3 is 9.13 Å². The largest absolute Gasteiger partial charge is 0.309 e. The second-order valence-corrected chi connectivity index (χ2v) is 16.2. The molecule has 0 N–H and O–H groups in total. The Kier molecular flexibility index (Phi) is 6.00. The van der Waals surface area contributed by atoms with E-state index in [4.69, 9.17) is 0 Å². The average molecular weight is 708 g/mol. The number of nitrogens with zero attached hydrogens (tertiary/aromatic N) is 3. The van der Waals surface area contributed by atoms with Crippen LogP contribution in [-0.4, -0.2) is 14.1 Å². The Morgan fingerprint density at radius 2 is 1.15 bits per heavy atom. The summed E-state index contributed by atoms with van der Waals surface area (Å²) in [6.07, 6.45) is 3.93. The first-order chi connectivity index (χ1) is 26.5. The van der Waals surface area contributed by atoms with Gasteiger partial charge in [-0.25, -0.2) is 0 Å². The van der Waals surface area contributed by atoms with Crippen LogP contribution in [0.15, 0.2) is 164 Å². The minimum absolute atomic E-state index is 0.0594. The van der Waals surface area contributed by atoms with E-state index in [1.54, 1.807) is 0 Å². The van der Waals surface area contributed by atoms with Crippen LogP contribution in [0, 0.1) is 0 Å². The topological polar surface area (TPSA) is 22.8 Å². The maximum Gasteiger partial charge on any atom is 0.0725 e. The maximum absolute atomic E-state index is 4.61. The standard InChI is InChI=1S/C50H33N3S/c1-50(2)41-14-6-3-10-33(41)34-21-20-32(28-42(34)50)52-43-15-7-4-11-35(43)39-26-30(18-22-44(39)52)31-19-23-45-40(27-31)36-24-25-51-29-47(36)53(45)46-16-9-13-38-37-12-5-8-17-48(37)54-49(38)46/h3-29H,1-2H3. The number of thiophene rings is 1. The first-order valence-electron chi connectivity index (χ1n) is 18.6. The van der Waals surface area contributed by atoms with Crippen molar-refractivity contribution in [2.24, 2.45) is 0 Å². The quantitative estimate of drug-likeness (QED) is 0.179. The smallest absolute Gasteiger partial charge is 0.0725 e. The summed E-state index contributed by atoms with van der Waals surface area (Å²) in [5, 5.41) is 7.56. The van der Waals surface area contributed by atoms with Crippen LogP contribution in [0.5, 0.6) is 0 Å². The Labute approximate surface area is 316 Å². The van der Waals surface area contributed by atoms with E-state index < -0.39 is 0 Å². The average Bonchev–Trinajstić information content (AvgIpc) is 3.93. The van der Waals surface area contributed by atoms with Gasteiger partial charge in [-0.15, -0.1) is 11.3 Å². The summed E-state index contributed by atoms with van der Waals surface area (Å²) in [7, 11) is 0. The van der Waals surface area contributed by atoms with Crippen LogP contribution in [0.1, 0.15) is 25.0 Å². The fourth-order valence-corrected chi connectivity index (χ4v) is 10.7. The molecule has 0 fully saturated rings. The molecule has 1 aliphatic rings. The highest BCUT2D eigenvalue weighted by Gasteiger charge is 2.35. The molecule has 1 aliphatic carbocycles. The van der Waals surface area contributed by atoms with Crippen molar-refractivity contribution in [2.75, 3.05) is 0 Å². The zero-order valence-corrected chi connectivity index (χ0v) is 30.7. The fourth-order valence-electron chi connectivity index (χ4n) is 9.48. The zero-order chi connectivity index (χ0) is 35.7. The predicted molar refractivity (Wildman–Crippen MR) is 229 cm³/mol. The van der Waals surface area contributed by atoms with Gasteiger partial charge in [-0.2, -0.15) is 0 Å². The van der Waals surface area contributed by atoms with Crippen molar-refractivity contribution < 1.29 is 0 Å².